The summed E-state index contributed by atoms with van der Waals surface area (Å²) in [6.45, 7) is 9.48. The van der Waals surface area contributed by atoms with Crippen molar-refractivity contribution in [3.63, 3.8) is 0 Å². The van der Waals surface area contributed by atoms with Gasteiger partial charge in [-0.25, -0.2) is 13.9 Å². The summed E-state index contributed by atoms with van der Waals surface area (Å²) in [6.07, 6.45) is -0.313. The predicted molar refractivity (Wildman–Crippen MR) is 122 cm³/mol. The molecule has 1 unspecified atom stereocenters. The fourth-order valence-electron chi connectivity index (χ4n) is 3.67. The number of anilines is 1. The van der Waals surface area contributed by atoms with Gasteiger partial charge in [-0.05, 0) is 25.5 Å². The van der Waals surface area contributed by atoms with Crippen LogP contribution < -0.4 is 19.9 Å². The fraction of sp³-hybridized carbons (Fsp3) is 0.609. The molecule has 1 aromatic carbocycles. The van der Waals surface area contributed by atoms with Gasteiger partial charge in [0.1, 0.15) is 11.6 Å². The van der Waals surface area contributed by atoms with Crippen LogP contribution in [0.25, 0.3) is 0 Å². The van der Waals surface area contributed by atoms with E-state index in [1.165, 1.54) is 12.1 Å². The van der Waals surface area contributed by atoms with Crippen molar-refractivity contribution >= 4 is 11.9 Å². The van der Waals surface area contributed by atoms with E-state index in [2.05, 4.69) is 46.0 Å². The lowest BCUT2D eigenvalue weighted by molar-refractivity contribution is -0.383. The van der Waals surface area contributed by atoms with Gasteiger partial charge in [-0.3, -0.25) is 14.6 Å². The number of amides is 1. The first-order valence-corrected chi connectivity index (χ1v) is 11.7. The lowest BCUT2D eigenvalue weighted by Gasteiger charge is -2.34. The highest BCUT2D eigenvalue weighted by Gasteiger charge is 2.29. The zero-order valence-corrected chi connectivity index (χ0v) is 20.0. The molecule has 1 fully saturated rings. The Morgan fingerprint density at radius 2 is 2.03 bits per heavy atom. The van der Waals surface area contributed by atoms with Crippen molar-refractivity contribution in [1.82, 2.24) is 15.4 Å². The number of piperazine rings is 1. The van der Waals surface area contributed by atoms with E-state index in [0.717, 1.165) is 38.4 Å². The highest BCUT2D eigenvalue weighted by molar-refractivity contribution is 5.94. The fourth-order valence-corrected chi connectivity index (χ4v) is 3.67. The van der Waals surface area contributed by atoms with E-state index in [9.17, 15) is 14.3 Å². The van der Waals surface area contributed by atoms with Gasteiger partial charge in [0, 0.05) is 37.7 Å². The van der Waals surface area contributed by atoms with E-state index < -0.39 is 24.4 Å². The third-order valence-electron chi connectivity index (χ3n) is 5.94. The zero-order valence-electron chi connectivity index (χ0n) is 20.0. The lowest BCUT2D eigenvalue weighted by atomic mass is 10.1. The maximum absolute atomic E-state index is 14.3. The molecule has 1 amide bonds. The third-order valence-corrected chi connectivity index (χ3v) is 5.94. The number of carbonyl (C=O) groups excluding carboxylic acids is 1. The van der Waals surface area contributed by atoms with Crippen LogP contribution in [0.3, 0.4) is 0 Å². The molecule has 11 heteroatoms. The normalized spacial score (nSPS) is 16.5. The minimum absolute atomic E-state index is 0.145. The maximum Gasteiger partial charge on any atom is 0.435 e. The molecule has 0 saturated carbocycles. The van der Waals surface area contributed by atoms with Crippen LogP contribution in [0.15, 0.2) is 22.7 Å². The van der Waals surface area contributed by atoms with Crippen LogP contribution in [0.5, 0.6) is 5.75 Å². The minimum atomic E-state index is -1.09. The molecule has 1 aliphatic heterocycles. The van der Waals surface area contributed by atoms with Crippen molar-refractivity contribution in [1.29, 1.82) is 0 Å². The van der Waals surface area contributed by atoms with Crippen molar-refractivity contribution in [2.45, 2.75) is 45.3 Å². The van der Waals surface area contributed by atoms with Gasteiger partial charge in [0.05, 0.1) is 43.1 Å². The van der Waals surface area contributed by atoms with Crippen molar-refractivity contribution in [2.75, 3.05) is 50.8 Å². The van der Waals surface area contributed by atoms with Crippen LogP contribution in [0.2, 0.25) is 0 Å². The summed E-state index contributed by atoms with van der Waals surface area (Å²) in [4.78, 5) is 19.8. The molecule has 2 aromatic rings. The predicted octanol–water partition coefficient (Wildman–Crippen LogP) is 0.814. The molecule has 1 aromatic heterocycles. The van der Waals surface area contributed by atoms with Crippen molar-refractivity contribution in [3.8, 4) is 5.75 Å². The van der Waals surface area contributed by atoms with Crippen LogP contribution >= 0.6 is 0 Å². The van der Waals surface area contributed by atoms with Crippen LogP contribution in [0.4, 0.5) is 10.4 Å². The second-order valence-electron chi connectivity index (χ2n) is 8.85. The molecule has 0 aliphatic carbocycles. The molecular formula is C23H35FN5O5+. The Bertz CT molecular complexity index is 932. The van der Waals surface area contributed by atoms with E-state index in [0.29, 0.717) is 24.4 Å². The Kier molecular flexibility index (Phi) is 9.20. The van der Waals surface area contributed by atoms with Gasteiger partial charge >= 0.3 is 6.01 Å². The second kappa shape index (κ2) is 12.1. The smallest absolute Gasteiger partial charge is 0.435 e. The number of nitrogens with one attached hydrogen (secondary N) is 2. The number of aromatic amines is 1. The number of aliphatic hydroxyl groups is 2. The Morgan fingerprint density at radius 1 is 1.29 bits per heavy atom. The summed E-state index contributed by atoms with van der Waals surface area (Å²) >= 11 is 0. The summed E-state index contributed by atoms with van der Waals surface area (Å²) < 4.78 is 25.5. The van der Waals surface area contributed by atoms with Gasteiger partial charge in [-0.15, -0.1) is 0 Å². The Morgan fingerprint density at radius 3 is 2.65 bits per heavy atom. The molecule has 188 valence electrons. The monoisotopic (exact) mass is 480 g/mol. The molecule has 4 N–H and O–H groups in total. The molecule has 2 atom stereocenters. The average molecular weight is 481 g/mol. The lowest BCUT2D eigenvalue weighted by Crippen LogP contribution is -2.50. The second-order valence-corrected chi connectivity index (χ2v) is 8.85. The van der Waals surface area contributed by atoms with Crippen LogP contribution in [0, 0.1) is 5.82 Å². The molecule has 34 heavy (non-hydrogen) atoms. The molecule has 0 radical (unpaired) electrons. The van der Waals surface area contributed by atoms with E-state index >= 15 is 0 Å². The summed E-state index contributed by atoms with van der Waals surface area (Å²) in [5.41, 5.74) is -0.145. The number of benzene rings is 1. The average Bonchev–Trinajstić information content (AvgIpc) is 3.33. The maximum atomic E-state index is 14.3. The number of hydrogen-bond acceptors (Lipinski definition) is 8. The largest absolute Gasteiger partial charge is 0.493 e. The molecule has 0 bridgehead atoms. The van der Waals surface area contributed by atoms with Gasteiger partial charge < -0.3 is 20.3 Å². The first-order valence-electron chi connectivity index (χ1n) is 11.7. The zero-order chi connectivity index (χ0) is 24.7. The third kappa shape index (κ3) is 6.87. The molecule has 0 spiro atoms. The number of carbonyl (C=O) groups is 1. The van der Waals surface area contributed by atoms with Crippen LogP contribution in [-0.4, -0.2) is 84.3 Å². The number of nitrogens with zero attached hydrogens (tertiary/aromatic N) is 3. The van der Waals surface area contributed by atoms with Crippen LogP contribution in [-0.2, 0) is 0 Å². The number of hydrogen-bond donors (Lipinski definition) is 3. The van der Waals surface area contributed by atoms with E-state index in [-0.39, 0.29) is 18.0 Å². The summed E-state index contributed by atoms with van der Waals surface area (Å²) in [5, 5.41) is 24.5. The SMILES string of the molecule is CC(C)c1noc(N2CCN(C(C)CCOc3ccc(C(=O)NC[C@@H](O)CO)c(F)c3)CC2)[nH+]1. The number of halogens is 1. The Balaban J connectivity index is 1.41. The van der Waals surface area contributed by atoms with Gasteiger partial charge in [0.15, 0.2) is 0 Å². The van der Waals surface area contributed by atoms with Crippen molar-refractivity contribution in [2.24, 2.45) is 0 Å². The van der Waals surface area contributed by atoms with E-state index in [1.54, 1.807) is 6.07 Å². The standard InChI is InChI=1S/C23H34FN5O5/c1-15(2)21-26-23(34-27-21)29-9-7-28(8-10-29)16(3)6-11-33-18-4-5-19(20(24)12-18)22(32)25-13-17(31)14-30/h4-5,12,15-17,30-31H,6-11,13-14H2,1-3H3,(H,25,32)/p+1/t16?,17-/m1/s1. The van der Waals surface area contributed by atoms with Gasteiger partial charge in [0.25, 0.3) is 11.7 Å². The number of H-pyrrole nitrogens is 1. The van der Waals surface area contributed by atoms with Crippen LogP contribution in [0.1, 0.15) is 49.3 Å². The van der Waals surface area contributed by atoms with Crippen molar-refractivity contribution in [3.05, 3.63) is 35.4 Å². The summed E-state index contributed by atoms with van der Waals surface area (Å²) in [6, 6.07) is 5.06. The van der Waals surface area contributed by atoms with Gasteiger partial charge in [-0.2, -0.15) is 0 Å². The summed E-state index contributed by atoms with van der Waals surface area (Å²) in [5.74, 6) is 0.110. The molecular weight excluding hydrogens is 445 g/mol. The summed E-state index contributed by atoms with van der Waals surface area (Å²) in [7, 11) is 0. The quantitative estimate of drug-likeness (QED) is 0.432. The Hall–Kier alpha value is -2.76. The highest BCUT2D eigenvalue weighted by atomic mass is 19.1. The van der Waals surface area contributed by atoms with E-state index in [1.807, 2.05) is 0 Å². The topological polar surface area (TPSA) is 125 Å². The molecule has 1 saturated heterocycles. The van der Waals surface area contributed by atoms with Gasteiger partial charge in [0.2, 0.25) is 0 Å². The minimum Gasteiger partial charge on any atom is -0.493 e. The Labute approximate surface area is 198 Å². The first-order chi connectivity index (χ1) is 16.3. The molecule has 2 heterocycles. The highest BCUT2D eigenvalue weighted by Crippen LogP contribution is 2.19. The number of aromatic nitrogens is 2. The molecule has 3 rings (SSSR count). The van der Waals surface area contributed by atoms with E-state index in [4.69, 9.17) is 14.4 Å². The number of ether oxygens (including phenoxy) is 1. The number of aliphatic hydroxyl groups excluding tert-OH is 2. The molecule has 10 nitrogen and oxygen atoms in total. The van der Waals surface area contributed by atoms with Gasteiger partial charge in [-0.1, -0.05) is 13.8 Å². The van der Waals surface area contributed by atoms with Crippen molar-refractivity contribution < 1.29 is 33.6 Å². The number of rotatable bonds is 11. The first kappa shape index (κ1) is 25.9. The molecule has 1 aliphatic rings.